The molecule has 3 aromatic rings. The fourth-order valence-electron chi connectivity index (χ4n) is 4.47. The fourth-order valence-corrected chi connectivity index (χ4v) is 4.47. The molecular weight excluding hydrogens is 482 g/mol. The largest absolute Gasteiger partial charge is 0.352 e. The molecular formula is C28H35N7O3. The summed E-state index contributed by atoms with van der Waals surface area (Å²) in [6.07, 6.45) is 4.35. The Labute approximate surface area is 223 Å². The molecule has 1 aliphatic heterocycles. The minimum Gasteiger partial charge on any atom is -0.352 e. The van der Waals surface area contributed by atoms with Crippen LogP contribution in [0.1, 0.15) is 44.5 Å². The van der Waals surface area contributed by atoms with Crippen molar-refractivity contribution in [2.75, 3.05) is 45.0 Å². The van der Waals surface area contributed by atoms with Gasteiger partial charge in [0.2, 0.25) is 0 Å². The van der Waals surface area contributed by atoms with Gasteiger partial charge in [0.15, 0.2) is 0 Å². The van der Waals surface area contributed by atoms with Crippen molar-refractivity contribution in [3.05, 3.63) is 76.7 Å². The molecule has 0 bridgehead atoms. The number of rotatable bonds is 7. The first kappa shape index (κ1) is 26.7. The van der Waals surface area contributed by atoms with Crippen molar-refractivity contribution in [1.29, 1.82) is 0 Å². The molecule has 3 heterocycles. The van der Waals surface area contributed by atoms with Crippen LogP contribution >= 0.6 is 0 Å². The van der Waals surface area contributed by atoms with Crippen LogP contribution in [-0.4, -0.2) is 71.9 Å². The molecule has 4 rings (SSSR count). The van der Waals surface area contributed by atoms with Crippen LogP contribution in [0.4, 0.5) is 16.3 Å². The van der Waals surface area contributed by atoms with E-state index in [0.717, 1.165) is 36.5 Å². The predicted octanol–water partition coefficient (Wildman–Crippen LogP) is 3.19. The van der Waals surface area contributed by atoms with Crippen LogP contribution in [0.3, 0.4) is 0 Å². The van der Waals surface area contributed by atoms with E-state index in [2.05, 4.69) is 32.0 Å². The molecule has 10 heteroatoms. The third kappa shape index (κ3) is 5.80. The number of aromatic nitrogens is 2. The van der Waals surface area contributed by atoms with E-state index in [0.29, 0.717) is 29.9 Å². The smallest absolute Gasteiger partial charge is 0.321 e. The molecule has 0 saturated heterocycles. The molecule has 38 heavy (non-hydrogen) atoms. The van der Waals surface area contributed by atoms with Crippen molar-refractivity contribution in [2.45, 2.75) is 33.0 Å². The van der Waals surface area contributed by atoms with Gasteiger partial charge in [-0.25, -0.2) is 9.78 Å². The van der Waals surface area contributed by atoms with Crippen molar-refractivity contribution < 1.29 is 14.4 Å². The Balaban J connectivity index is 1.45. The number of carbonyl (C=O) groups excluding carboxylic acids is 3. The topological polar surface area (TPSA) is 103 Å². The number of aryl methyl sites for hydroxylation is 1. The van der Waals surface area contributed by atoms with Gasteiger partial charge >= 0.3 is 6.03 Å². The Morgan fingerprint density at radius 3 is 2.34 bits per heavy atom. The molecule has 10 nitrogen and oxygen atoms in total. The number of fused-ring (bicyclic) bond motifs is 1. The molecule has 2 N–H and O–H groups in total. The van der Waals surface area contributed by atoms with E-state index < -0.39 is 0 Å². The molecule has 1 aliphatic rings. The van der Waals surface area contributed by atoms with Crippen LogP contribution in [0.25, 0.3) is 0 Å². The number of benzene rings is 1. The van der Waals surface area contributed by atoms with E-state index in [1.165, 1.54) is 15.5 Å². The van der Waals surface area contributed by atoms with Crippen molar-refractivity contribution in [2.24, 2.45) is 0 Å². The van der Waals surface area contributed by atoms with Gasteiger partial charge in [-0.2, -0.15) is 0 Å². The van der Waals surface area contributed by atoms with E-state index in [9.17, 15) is 14.4 Å². The van der Waals surface area contributed by atoms with Crippen LogP contribution in [0, 0.1) is 0 Å². The summed E-state index contributed by atoms with van der Waals surface area (Å²) in [7, 11) is 6.80. The zero-order chi connectivity index (χ0) is 27.4. The molecule has 0 fully saturated rings. The van der Waals surface area contributed by atoms with Crippen molar-refractivity contribution in [3.63, 3.8) is 0 Å². The standard InChI is InChI=1S/C28H35N7O3/c1-6-34-18-23(26(36)30-15-19-7-10-21(11-8-19)31-28(38)33(4)5)22-17-35(14-13-24(22)34)25-12-9-20(16-29-25)27(37)32(2)3/h7-12,16,18H,6,13-15,17H2,1-5H3,(H,30,36)(H,31,38). The van der Waals surface area contributed by atoms with Gasteiger partial charge in [-0.3, -0.25) is 9.59 Å². The van der Waals surface area contributed by atoms with Crippen LogP contribution in [-0.2, 0) is 26.1 Å². The normalized spacial score (nSPS) is 12.5. The summed E-state index contributed by atoms with van der Waals surface area (Å²) in [5.41, 5.74) is 5.02. The van der Waals surface area contributed by atoms with Crippen molar-refractivity contribution in [1.82, 2.24) is 24.7 Å². The van der Waals surface area contributed by atoms with Crippen LogP contribution in [0.5, 0.6) is 0 Å². The van der Waals surface area contributed by atoms with Gasteiger partial charge in [0.1, 0.15) is 5.82 Å². The molecule has 0 radical (unpaired) electrons. The van der Waals surface area contributed by atoms with Crippen LogP contribution in [0.2, 0.25) is 0 Å². The number of nitrogens with zero attached hydrogens (tertiary/aromatic N) is 5. The summed E-state index contributed by atoms with van der Waals surface area (Å²) in [6, 6.07) is 10.9. The highest BCUT2D eigenvalue weighted by Crippen LogP contribution is 2.28. The van der Waals surface area contributed by atoms with E-state index in [1.807, 2.05) is 36.5 Å². The lowest BCUT2D eigenvalue weighted by molar-refractivity contribution is 0.0826. The predicted molar refractivity (Wildman–Crippen MR) is 147 cm³/mol. The Kier molecular flexibility index (Phi) is 7.99. The Bertz CT molecular complexity index is 1310. The second-order valence-electron chi connectivity index (χ2n) is 9.73. The molecule has 2 aromatic heterocycles. The van der Waals surface area contributed by atoms with Gasteiger partial charge in [-0.1, -0.05) is 12.1 Å². The zero-order valence-electron chi connectivity index (χ0n) is 22.6. The van der Waals surface area contributed by atoms with Gasteiger partial charge in [-0.05, 0) is 36.8 Å². The molecule has 4 amide bonds. The average Bonchev–Trinajstić information content (AvgIpc) is 3.30. The van der Waals surface area contributed by atoms with E-state index >= 15 is 0 Å². The number of amides is 4. The maximum atomic E-state index is 13.3. The van der Waals surface area contributed by atoms with Gasteiger partial charge in [0, 0.05) is 90.1 Å². The molecule has 0 spiro atoms. The quantitative estimate of drug-likeness (QED) is 0.501. The van der Waals surface area contributed by atoms with Gasteiger partial charge in [0.05, 0.1) is 11.1 Å². The minimum atomic E-state index is -0.196. The number of carbonyl (C=O) groups is 3. The molecule has 0 atom stereocenters. The fraction of sp³-hybridized carbons (Fsp3) is 0.357. The van der Waals surface area contributed by atoms with E-state index in [1.54, 1.807) is 40.5 Å². The third-order valence-corrected chi connectivity index (χ3v) is 6.65. The Morgan fingerprint density at radius 1 is 1.00 bits per heavy atom. The number of hydrogen-bond donors (Lipinski definition) is 2. The maximum Gasteiger partial charge on any atom is 0.321 e. The third-order valence-electron chi connectivity index (χ3n) is 6.65. The van der Waals surface area contributed by atoms with Crippen LogP contribution < -0.4 is 15.5 Å². The summed E-state index contributed by atoms with van der Waals surface area (Å²) >= 11 is 0. The summed E-state index contributed by atoms with van der Waals surface area (Å²) in [5.74, 6) is 0.570. The lowest BCUT2D eigenvalue weighted by Gasteiger charge is -2.29. The number of nitrogens with one attached hydrogen (secondary N) is 2. The Hall–Kier alpha value is -4.34. The van der Waals surface area contributed by atoms with Gasteiger partial charge in [0.25, 0.3) is 11.8 Å². The lowest BCUT2D eigenvalue weighted by atomic mass is 10.0. The second kappa shape index (κ2) is 11.4. The highest BCUT2D eigenvalue weighted by atomic mass is 16.2. The first-order chi connectivity index (χ1) is 18.2. The van der Waals surface area contributed by atoms with E-state index in [4.69, 9.17) is 0 Å². The maximum absolute atomic E-state index is 13.3. The van der Waals surface area contributed by atoms with Crippen molar-refractivity contribution in [3.8, 4) is 0 Å². The molecule has 0 saturated carbocycles. The lowest BCUT2D eigenvalue weighted by Crippen LogP contribution is -2.33. The summed E-state index contributed by atoms with van der Waals surface area (Å²) in [5, 5.41) is 5.84. The number of hydrogen-bond acceptors (Lipinski definition) is 5. The molecule has 1 aromatic carbocycles. The monoisotopic (exact) mass is 517 g/mol. The summed E-state index contributed by atoms with van der Waals surface area (Å²) < 4.78 is 2.15. The van der Waals surface area contributed by atoms with Gasteiger partial charge < -0.3 is 29.9 Å². The first-order valence-corrected chi connectivity index (χ1v) is 12.7. The van der Waals surface area contributed by atoms with Gasteiger partial charge in [-0.15, -0.1) is 0 Å². The van der Waals surface area contributed by atoms with E-state index in [-0.39, 0.29) is 17.8 Å². The summed E-state index contributed by atoms with van der Waals surface area (Å²) in [4.78, 5) is 47.0. The number of urea groups is 1. The SMILES string of the molecule is CCn1cc(C(=O)NCc2ccc(NC(=O)N(C)C)cc2)c2c1CCN(c1ccc(C(=O)N(C)C)cn1)C2. The molecule has 0 unspecified atom stereocenters. The minimum absolute atomic E-state index is 0.0862. The number of pyridine rings is 1. The average molecular weight is 518 g/mol. The zero-order valence-corrected chi connectivity index (χ0v) is 22.6. The molecule has 0 aliphatic carbocycles. The molecule has 200 valence electrons. The second-order valence-corrected chi connectivity index (χ2v) is 9.73. The van der Waals surface area contributed by atoms with Crippen molar-refractivity contribution >= 4 is 29.4 Å². The first-order valence-electron chi connectivity index (χ1n) is 12.7. The summed E-state index contributed by atoms with van der Waals surface area (Å²) in [6.45, 7) is 4.59. The Morgan fingerprint density at radius 2 is 1.74 bits per heavy atom. The highest BCUT2D eigenvalue weighted by Gasteiger charge is 2.27. The number of anilines is 2. The van der Waals surface area contributed by atoms with Crippen LogP contribution in [0.15, 0.2) is 48.8 Å². The highest BCUT2D eigenvalue weighted by molar-refractivity contribution is 5.96.